The molecule has 3 aromatic rings. The van der Waals surface area contributed by atoms with Crippen molar-refractivity contribution >= 4 is 29.1 Å². The van der Waals surface area contributed by atoms with E-state index < -0.39 is 41.6 Å². The molecule has 0 spiro atoms. The Morgan fingerprint density at radius 2 is 1.41 bits per heavy atom. The molecule has 0 unspecified atom stereocenters. The van der Waals surface area contributed by atoms with Crippen molar-refractivity contribution in [2.45, 2.75) is 38.8 Å². The molecular formula is C29H30F2N2O7S. The van der Waals surface area contributed by atoms with Crippen LogP contribution < -0.4 is 24.3 Å². The Bertz CT molecular complexity index is 1380. The number of ether oxygens (including phenoxy) is 5. The van der Waals surface area contributed by atoms with Crippen molar-refractivity contribution in [2.75, 3.05) is 21.3 Å². The fourth-order valence-corrected chi connectivity index (χ4v) is 4.55. The van der Waals surface area contributed by atoms with Crippen LogP contribution in [0.4, 0.5) is 8.78 Å². The number of nitrogens with zero attached hydrogens (tertiary/aromatic N) is 1. The first kappa shape index (κ1) is 31.2. The zero-order chi connectivity index (χ0) is 30.3. The molecule has 0 aliphatic carbocycles. The number of hydrogen-bond donors (Lipinski definition) is 1. The van der Waals surface area contributed by atoms with Gasteiger partial charge < -0.3 is 29.0 Å². The number of carbonyl (C=O) groups is 2. The number of aromatic nitrogens is 1. The Balaban J connectivity index is 1.90. The Hall–Kier alpha value is -4.32. The highest BCUT2D eigenvalue weighted by molar-refractivity contribution is 7.80. The average molecular weight is 589 g/mol. The van der Waals surface area contributed by atoms with E-state index >= 15 is 0 Å². The van der Waals surface area contributed by atoms with Gasteiger partial charge in [-0.25, -0.2) is 18.6 Å². The molecule has 0 aliphatic heterocycles. The maximum Gasteiger partial charge on any atom is 0.328 e. The van der Waals surface area contributed by atoms with Gasteiger partial charge in [0, 0.05) is 42.4 Å². The van der Waals surface area contributed by atoms with Crippen LogP contribution in [0.3, 0.4) is 0 Å². The van der Waals surface area contributed by atoms with Crippen LogP contribution in [0.2, 0.25) is 0 Å². The second-order valence-electron chi connectivity index (χ2n) is 8.87. The standard InChI is InChI=1S/C29H30F2N2O7S/c1-15(33-28(41)26-27(40-17(3)34)22(36-4)11-12-32-26)29(35)39-16(2)25(20-9-7-18(30)13-23(20)37-5)21-10-8-19(31)14-24(21)38-6/h7-16,25H,1-6H3,(H,33,41)/t15-,16-/m0/s1. The number of rotatable bonds is 11. The van der Waals surface area contributed by atoms with Crippen LogP contribution in [0.5, 0.6) is 23.0 Å². The summed E-state index contributed by atoms with van der Waals surface area (Å²) in [5, 5.41) is 2.84. The van der Waals surface area contributed by atoms with E-state index in [9.17, 15) is 18.4 Å². The summed E-state index contributed by atoms with van der Waals surface area (Å²) >= 11 is 5.44. The second-order valence-corrected chi connectivity index (χ2v) is 9.28. The van der Waals surface area contributed by atoms with Crippen molar-refractivity contribution in [2.24, 2.45) is 0 Å². The molecule has 9 nitrogen and oxygen atoms in total. The SMILES string of the molecule is COc1cc(F)ccc1C(c1ccc(F)cc1OC)[C@H](C)OC(=O)[C@H](C)NC(=S)c1nccc(OC)c1OC(C)=O. The molecule has 1 heterocycles. The largest absolute Gasteiger partial charge is 0.496 e. The number of pyridine rings is 1. The van der Waals surface area contributed by atoms with Crippen molar-refractivity contribution in [1.29, 1.82) is 0 Å². The highest BCUT2D eigenvalue weighted by atomic mass is 32.1. The minimum atomic E-state index is -0.978. The molecule has 41 heavy (non-hydrogen) atoms. The van der Waals surface area contributed by atoms with Crippen LogP contribution >= 0.6 is 12.2 Å². The normalized spacial score (nSPS) is 12.2. The number of esters is 2. The molecule has 2 aromatic carbocycles. The van der Waals surface area contributed by atoms with E-state index in [1.165, 1.54) is 83.8 Å². The predicted octanol–water partition coefficient (Wildman–Crippen LogP) is 4.73. The van der Waals surface area contributed by atoms with Crippen molar-refractivity contribution < 1.29 is 42.1 Å². The summed E-state index contributed by atoms with van der Waals surface area (Å²) in [6.45, 7) is 4.39. The molecule has 1 N–H and O–H groups in total. The lowest BCUT2D eigenvalue weighted by atomic mass is 9.85. The summed E-state index contributed by atoms with van der Waals surface area (Å²) in [5.41, 5.74) is 1.07. The molecule has 0 radical (unpaired) electrons. The maximum atomic E-state index is 14.0. The van der Waals surface area contributed by atoms with Gasteiger partial charge in [0.25, 0.3) is 0 Å². The lowest BCUT2D eigenvalue weighted by Crippen LogP contribution is -2.41. The van der Waals surface area contributed by atoms with Crippen LogP contribution in [0.25, 0.3) is 0 Å². The number of nitrogens with one attached hydrogen (secondary N) is 1. The van der Waals surface area contributed by atoms with E-state index in [0.29, 0.717) is 11.1 Å². The highest BCUT2D eigenvalue weighted by Gasteiger charge is 2.32. The summed E-state index contributed by atoms with van der Waals surface area (Å²) in [4.78, 5) is 29.0. The molecular weight excluding hydrogens is 558 g/mol. The van der Waals surface area contributed by atoms with Gasteiger partial charge in [0.2, 0.25) is 5.75 Å². The van der Waals surface area contributed by atoms with E-state index in [4.69, 9.17) is 35.9 Å². The molecule has 218 valence electrons. The van der Waals surface area contributed by atoms with Crippen LogP contribution in [-0.2, 0) is 14.3 Å². The monoisotopic (exact) mass is 588 g/mol. The molecule has 0 saturated carbocycles. The number of thiocarbonyl (C=S) groups is 1. The number of halogens is 2. The quantitative estimate of drug-likeness (QED) is 0.250. The first-order valence-electron chi connectivity index (χ1n) is 12.4. The van der Waals surface area contributed by atoms with Crippen LogP contribution in [-0.4, -0.2) is 55.4 Å². The summed E-state index contributed by atoms with van der Waals surface area (Å²) in [5.74, 6) is -2.44. The first-order valence-corrected chi connectivity index (χ1v) is 12.8. The van der Waals surface area contributed by atoms with Crippen LogP contribution in [0.1, 0.15) is 43.5 Å². The third-order valence-electron chi connectivity index (χ3n) is 6.08. The van der Waals surface area contributed by atoms with E-state index in [1.807, 2.05) is 0 Å². The average Bonchev–Trinajstić information content (AvgIpc) is 2.94. The molecule has 3 rings (SSSR count). The fraction of sp³-hybridized carbons (Fsp3) is 0.310. The van der Waals surface area contributed by atoms with E-state index in [2.05, 4.69) is 10.3 Å². The summed E-state index contributed by atoms with van der Waals surface area (Å²) in [7, 11) is 4.17. The molecule has 1 aromatic heterocycles. The Kier molecular flexibility index (Phi) is 10.5. The van der Waals surface area contributed by atoms with Crippen LogP contribution in [0.15, 0.2) is 48.7 Å². The Labute approximate surface area is 241 Å². The molecule has 0 aliphatic rings. The van der Waals surface area contributed by atoms with Gasteiger partial charge in [-0.15, -0.1) is 0 Å². The first-order chi connectivity index (χ1) is 19.5. The van der Waals surface area contributed by atoms with Gasteiger partial charge in [-0.05, 0) is 26.0 Å². The van der Waals surface area contributed by atoms with Gasteiger partial charge in [-0.3, -0.25) is 4.79 Å². The van der Waals surface area contributed by atoms with Crippen molar-refractivity contribution in [3.63, 3.8) is 0 Å². The van der Waals surface area contributed by atoms with Gasteiger partial charge in [0.1, 0.15) is 46.0 Å². The third kappa shape index (κ3) is 7.46. The molecule has 12 heteroatoms. The second kappa shape index (κ2) is 13.8. The topological polar surface area (TPSA) is 105 Å². The number of benzene rings is 2. The van der Waals surface area contributed by atoms with Gasteiger partial charge in [-0.2, -0.15) is 0 Å². The zero-order valence-corrected chi connectivity index (χ0v) is 24.1. The van der Waals surface area contributed by atoms with Gasteiger partial charge in [0.05, 0.1) is 27.2 Å². The third-order valence-corrected chi connectivity index (χ3v) is 6.39. The zero-order valence-electron chi connectivity index (χ0n) is 23.3. The maximum absolute atomic E-state index is 14.0. The minimum absolute atomic E-state index is 0.000749. The minimum Gasteiger partial charge on any atom is -0.496 e. The van der Waals surface area contributed by atoms with Gasteiger partial charge in [-0.1, -0.05) is 24.4 Å². The van der Waals surface area contributed by atoms with Crippen molar-refractivity contribution in [3.8, 4) is 23.0 Å². The fourth-order valence-electron chi connectivity index (χ4n) is 4.23. The lowest BCUT2D eigenvalue weighted by molar-refractivity contribution is -0.150. The highest BCUT2D eigenvalue weighted by Crippen LogP contribution is 2.40. The van der Waals surface area contributed by atoms with E-state index in [1.54, 1.807) is 6.92 Å². The Morgan fingerprint density at radius 1 is 0.878 bits per heavy atom. The molecule has 0 amide bonds. The summed E-state index contributed by atoms with van der Waals surface area (Å²) < 4.78 is 55.2. The van der Waals surface area contributed by atoms with Gasteiger partial charge >= 0.3 is 11.9 Å². The lowest BCUT2D eigenvalue weighted by Gasteiger charge is -2.29. The smallest absolute Gasteiger partial charge is 0.328 e. The Morgan fingerprint density at radius 3 is 1.90 bits per heavy atom. The van der Waals surface area contributed by atoms with E-state index in [-0.39, 0.29) is 33.7 Å². The number of methoxy groups -OCH3 is 3. The van der Waals surface area contributed by atoms with Gasteiger partial charge in [0.15, 0.2) is 5.75 Å². The number of hydrogen-bond acceptors (Lipinski definition) is 9. The van der Waals surface area contributed by atoms with Crippen LogP contribution in [0, 0.1) is 11.6 Å². The molecule has 0 bridgehead atoms. The molecule has 0 saturated heterocycles. The molecule has 0 fully saturated rings. The van der Waals surface area contributed by atoms with Crippen molar-refractivity contribution in [1.82, 2.24) is 10.3 Å². The summed E-state index contributed by atoms with van der Waals surface area (Å²) in [6, 6.07) is 8.45. The van der Waals surface area contributed by atoms with E-state index in [0.717, 1.165) is 0 Å². The summed E-state index contributed by atoms with van der Waals surface area (Å²) in [6.07, 6.45) is 0.544. The number of carbonyl (C=O) groups excluding carboxylic acids is 2. The molecule has 2 atom stereocenters. The van der Waals surface area contributed by atoms with Crippen molar-refractivity contribution in [3.05, 3.63) is 77.1 Å². The predicted molar refractivity (Wildman–Crippen MR) is 150 cm³/mol.